The van der Waals surface area contributed by atoms with Crippen LogP contribution in [-0.4, -0.2) is 28.3 Å². The molecule has 0 saturated heterocycles. The zero-order chi connectivity index (χ0) is 7.82. The first-order valence-electron chi connectivity index (χ1n) is 3.69. The van der Waals surface area contributed by atoms with Crippen molar-refractivity contribution in [1.29, 1.82) is 0 Å². The molecule has 0 N–H and O–H groups in total. The average molecular weight is 180 g/mol. The Kier molecular flexibility index (Phi) is 7.96. The van der Waals surface area contributed by atoms with E-state index in [1.807, 2.05) is 13.8 Å². The molecule has 0 aromatic carbocycles. The lowest BCUT2D eigenvalue weighted by molar-refractivity contribution is 0.215. The fourth-order valence-corrected chi connectivity index (χ4v) is 2.71. The lowest BCUT2D eigenvalue weighted by Crippen LogP contribution is -2.23. The maximum atomic E-state index is 5.39. The number of hydrogen-bond donors (Lipinski definition) is 1. The van der Waals surface area contributed by atoms with Gasteiger partial charge in [-0.3, -0.25) is 0 Å². The molecule has 0 spiro atoms. The van der Waals surface area contributed by atoms with E-state index < -0.39 is 9.28 Å². The highest BCUT2D eigenvalue weighted by atomic mass is 32.1. The molecule has 0 aromatic rings. The molecule has 0 rings (SSSR count). The van der Waals surface area contributed by atoms with Crippen LogP contribution in [0.1, 0.15) is 13.8 Å². The first kappa shape index (κ1) is 10.5. The van der Waals surface area contributed by atoms with E-state index in [4.69, 9.17) is 8.85 Å². The maximum Gasteiger partial charge on any atom is 0.322 e. The monoisotopic (exact) mass is 180 g/mol. The first-order valence-corrected chi connectivity index (χ1v) is 6.08. The molecule has 10 heavy (non-hydrogen) atoms. The van der Waals surface area contributed by atoms with Gasteiger partial charge in [0, 0.05) is 13.2 Å². The summed E-state index contributed by atoms with van der Waals surface area (Å²) in [4.78, 5) is 0. The van der Waals surface area contributed by atoms with Crippen molar-refractivity contribution in [2.75, 3.05) is 19.0 Å². The number of thiol groups is 1. The second-order valence-corrected chi connectivity index (χ2v) is 4.40. The Morgan fingerprint density at radius 2 is 1.70 bits per heavy atom. The second kappa shape index (κ2) is 7.59. The Morgan fingerprint density at radius 3 is 2.00 bits per heavy atom. The van der Waals surface area contributed by atoms with Crippen LogP contribution in [0, 0.1) is 0 Å². The molecule has 62 valence electrons. The third-order valence-corrected chi connectivity index (χ3v) is 3.98. The molecular weight excluding hydrogens is 164 g/mol. The lowest BCUT2D eigenvalue weighted by atomic mass is 10.9. The minimum Gasteiger partial charge on any atom is -0.397 e. The molecule has 0 fully saturated rings. The summed E-state index contributed by atoms with van der Waals surface area (Å²) in [5.74, 6) is 0.872. The Hall–Kier alpha value is 0.487. The molecule has 0 aromatic heterocycles. The van der Waals surface area contributed by atoms with Crippen molar-refractivity contribution in [3.63, 3.8) is 0 Å². The van der Waals surface area contributed by atoms with Gasteiger partial charge in [0.05, 0.1) is 0 Å². The lowest BCUT2D eigenvalue weighted by Gasteiger charge is -2.12. The Morgan fingerprint density at radius 1 is 1.20 bits per heavy atom. The average Bonchev–Trinajstić information content (AvgIpc) is 1.90. The summed E-state index contributed by atoms with van der Waals surface area (Å²) in [6, 6.07) is 1.00. The van der Waals surface area contributed by atoms with Gasteiger partial charge in [0.15, 0.2) is 0 Å². The predicted molar refractivity (Wildman–Crippen MR) is 49.1 cm³/mol. The number of hydrogen-bond acceptors (Lipinski definition) is 3. The molecule has 0 amide bonds. The predicted octanol–water partition coefficient (Wildman–Crippen LogP) is 1.21. The SMILES string of the molecule is CCO[SiH](CCS)OCC. The van der Waals surface area contributed by atoms with E-state index in [0.29, 0.717) is 0 Å². The van der Waals surface area contributed by atoms with Gasteiger partial charge in [-0.25, -0.2) is 0 Å². The summed E-state index contributed by atoms with van der Waals surface area (Å²) in [5, 5.41) is 0. The topological polar surface area (TPSA) is 18.5 Å². The van der Waals surface area contributed by atoms with E-state index in [9.17, 15) is 0 Å². The van der Waals surface area contributed by atoms with E-state index in [2.05, 4.69) is 12.6 Å². The summed E-state index contributed by atoms with van der Waals surface area (Å²) >= 11 is 4.12. The van der Waals surface area contributed by atoms with Gasteiger partial charge >= 0.3 is 9.28 Å². The second-order valence-electron chi connectivity index (χ2n) is 1.85. The summed E-state index contributed by atoms with van der Waals surface area (Å²) in [6.45, 7) is 5.53. The zero-order valence-corrected chi connectivity index (χ0v) is 8.72. The summed E-state index contributed by atoms with van der Waals surface area (Å²) in [6.07, 6.45) is 0. The van der Waals surface area contributed by atoms with Crippen molar-refractivity contribution in [2.24, 2.45) is 0 Å². The van der Waals surface area contributed by atoms with Crippen LogP contribution in [0.2, 0.25) is 6.04 Å². The third kappa shape index (κ3) is 5.29. The van der Waals surface area contributed by atoms with Crippen molar-refractivity contribution in [2.45, 2.75) is 19.9 Å². The van der Waals surface area contributed by atoms with Crippen LogP contribution in [-0.2, 0) is 8.85 Å². The Bertz CT molecular complexity index is 58.5. The van der Waals surface area contributed by atoms with Crippen LogP contribution in [0.4, 0.5) is 0 Å². The van der Waals surface area contributed by atoms with Gasteiger partial charge in [-0.15, -0.1) is 0 Å². The van der Waals surface area contributed by atoms with Gasteiger partial charge in [0.1, 0.15) is 0 Å². The standard InChI is InChI=1S/C6H16O2SSi/c1-3-7-10(6-5-9)8-4-2/h9-10H,3-6H2,1-2H3. The molecule has 0 aliphatic heterocycles. The molecule has 0 aliphatic carbocycles. The van der Waals surface area contributed by atoms with Crippen molar-refractivity contribution in [3.05, 3.63) is 0 Å². The molecule has 0 saturated carbocycles. The van der Waals surface area contributed by atoms with Crippen molar-refractivity contribution >= 4 is 21.9 Å². The third-order valence-electron chi connectivity index (χ3n) is 1.07. The van der Waals surface area contributed by atoms with Gasteiger partial charge in [-0.1, -0.05) is 0 Å². The molecule has 2 nitrogen and oxygen atoms in total. The molecule has 0 heterocycles. The summed E-state index contributed by atoms with van der Waals surface area (Å²) in [5.41, 5.74) is 0. The zero-order valence-electron chi connectivity index (χ0n) is 6.67. The van der Waals surface area contributed by atoms with Crippen molar-refractivity contribution < 1.29 is 8.85 Å². The highest BCUT2D eigenvalue weighted by Crippen LogP contribution is 1.98. The molecule has 0 atom stereocenters. The summed E-state index contributed by atoms with van der Waals surface area (Å²) in [7, 11) is -1.31. The molecule has 4 heteroatoms. The molecule has 0 aliphatic rings. The Labute approximate surface area is 70.2 Å². The normalized spacial score (nSPS) is 10.8. The quantitative estimate of drug-likeness (QED) is 0.489. The molecule has 0 bridgehead atoms. The molecule has 0 radical (unpaired) electrons. The fourth-order valence-electron chi connectivity index (χ4n) is 0.692. The highest BCUT2D eigenvalue weighted by molar-refractivity contribution is 7.80. The van der Waals surface area contributed by atoms with Crippen LogP contribution in [0.3, 0.4) is 0 Å². The minimum absolute atomic E-state index is 0.769. The molecule has 0 unspecified atom stereocenters. The van der Waals surface area contributed by atoms with E-state index in [1.165, 1.54) is 0 Å². The minimum atomic E-state index is -1.31. The van der Waals surface area contributed by atoms with E-state index in [1.54, 1.807) is 0 Å². The highest BCUT2D eigenvalue weighted by Gasteiger charge is 2.09. The maximum absolute atomic E-state index is 5.39. The largest absolute Gasteiger partial charge is 0.397 e. The van der Waals surface area contributed by atoms with Gasteiger partial charge in [-0.2, -0.15) is 12.6 Å². The summed E-state index contributed by atoms with van der Waals surface area (Å²) < 4.78 is 10.8. The van der Waals surface area contributed by atoms with Crippen molar-refractivity contribution in [3.8, 4) is 0 Å². The van der Waals surface area contributed by atoms with Gasteiger partial charge < -0.3 is 8.85 Å². The van der Waals surface area contributed by atoms with Crippen molar-refractivity contribution in [1.82, 2.24) is 0 Å². The van der Waals surface area contributed by atoms with Crippen LogP contribution in [0.15, 0.2) is 0 Å². The van der Waals surface area contributed by atoms with E-state index >= 15 is 0 Å². The van der Waals surface area contributed by atoms with E-state index in [-0.39, 0.29) is 0 Å². The van der Waals surface area contributed by atoms with Gasteiger partial charge in [-0.05, 0) is 25.6 Å². The Balaban J connectivity index is 3.30. The van der Waals surface area contributed by atoms with Crippen LogP contribution in [0.5, 0.6) is 0 Å². The fraction of sp³-hybridized carbons (Fsp3) is 1.00. The van der Waals surface area contributed by atoms with Gasteiger partial charge in [0.25, 0.3) is 0 Å². The van der Waals surface area contributed by atoms with Gasteiger partial charge in [0.2, 0.25) is 0 Å². The van der Waals surface area contributed by atoms with Crippen LogP contribution >= 0.6 is 12.6 Å². The van der Waals surface area contributed by atoms with E-state index in [0.717, 1.165) is 25.0 Å². The van der Waals surface area contributed by atoms with Crippen LogP contribution < -0.4 is 0 Å². The first-order chi connectivity index (χ1) is 4.85. The number of rotatable bonds is 6. The molecular formula is C6H16O2SSi. The van der Waals surface area contributed by atoms with Crippen LogP contribution in [0.25, 0.3) is 0 Å². The smallest absolute Gasteiger partial charge is 0.322 e.